The zero-order chi connectivity index (χ0) is 12.8. The van der Waals surface area contributed by atoms with E-state index in [1.54, 1.807) is 6.07 Å². The molecule has 0 aromatic heterocycles. The molecule has 0 saturated heterocycles. The van der Waals surface area contributed by atoms with Gasteiger partial charge in [-0.15, -0.1) is 0 Å². The molecule has 0 spiro atoms. The summed E-state index contributed by atoms with van der Waals surface area (Å²) in [6.07, 6.45) is 3.18. The molecule has 0 aliphatic carbocycles. The van der Waals surface area contributed by atoms with Gasteiger partial charge in [-0.1, -0.05) is 39.0 Å². The minimum Gasteiger partial charge on any atom is -0.506 e. The molecule has 2 nitrogen and oxygen atoms in total. The van der Waals surface area contributed by atoms with Gasteiger partial charge in [-0.2, -0.15) is 0 Å². The first-order valence-corrected chi connectivity index (χ1v) is 6.29. The standard InChI is InChI=1S/C15H23NO/c1-5-7-12(4)13-8-6-9-14(17)15(13)16-10-11(2)3/h6-9,11,16-17H,5,10H2,1-4H3/b12-7-. The second-order valence-electron chi connectivity index (χ2n) is 4.77. The lowest BCUT2D eigenvalue weighted by atomic mass is 10.0. The molecule has 2 heteroatoms. The van der Waals surface area contributed by atoms with Crippen LogP contribution in [0.5, 0.6) is 5.75 Å². The highest BCUT2D eigenvalue weighted by Crippen LogP contribution is 2.32. The Hall–Kier alpha value is -1.44. The van der Waals surface area contributed by atoms with Crippen LogP contribution in [0.4, 0.5) is 5.69 Å². The zero-order valence-electron chi connectivity index (χ0n) is 11.2. The number of rotatable bonds is 5. The number of nitrogens with one attached hydrogen (secondary N) is 1. The Bertz CT molecular complexity index is 394. The molecular formula is C15H23NO. The summed E-state index contributed by atoms with van der Waals surface area (Å²) in [6.45, 7) is 9.37. The molecule has 0 saturated carbocycles. The van der Waals surface area contributed by atoms with E-state index in [1.807, 2.05) is 12.1 Å². The lowest BCUT2D eigenvalue weighted by molar-refractivity contribution is 0.476. The maximum absolute atomic E-state index is 9.93. The molecule has 0 aliphatic rings. The monoisotopic (exact) mass is 233 g/mol. The van der Waals surface area contributed by atoms with Crippen LogP contribution in [0, 0.1) is 5.92 Å². The molecule has 1 aromatic rings. The number of phenolic OH excluding ortho intramolecular Hbond substituents is 1. The summed E-state index contributed by atoms with van der Waals surface area (Å²) in [4.78, 5) is 0. The van der Waals surface area contributed by atoms with Crippen LogP contribution in [-0.4, -0.2) is 11.7 Å². The van der Waals surface area contributed by atoms with E-state index >= 15 is 0 Å². The predicted molar refractivity (Wildman–Crippen MR) is 75.4 cm³/mol. The number of aromatic hydroxyl groups is 1. The van der Waals surface area contributed by atoms with Crippen molar-refractivity contribution in [3.63, 3.8) is 0 Å². The van der Waals surface area contributed by atoms with Gasteiger partial charge in [0.1, 0.15) is 5.75 Å². The largest absolute Gasteiger partial charge is 0.506 e. The molecule has 0 amide bonds. The van der Waals surface area contributed by atoms with Crippen LogP contribution in [-0.2, 0) is 0 Å². The highest BCUT2D eigenvalue weighted by atomic mass is 16.3. The highest BCUT2D eigenvalue weighted by Gasteiger charge is 2.08. The maximum Gasteiger partial charge on any atom is 0.139 e. The van der Waals surface area contributed by atoms with Gasteiger partial charge in [0.15, 0.2) is 0 Å². The van der Waals surface area contributed by atoms with Crippen molar-refractivity contribution in [2.75, 3.05) is 11.9 Å². The second-order valence-corrected chi connectivity index (χ2v) is 4.77. The number of hydrogen-bond acceptors (Lipinski definition) is 2. The number of benzene rings is 1. The van der Waals surface area contributed by atoms with E-state index in [0.29, 0.717) is 11.7 Å². The molecule has 1 rings (SSSR count). The van der Waals surface area contributed by atoms with Crippen molar-refractivity contribution in [3.05, 3.63) is 29.8 Å². The van der Waals surface area contributed by atoms with E-state index < -0.39 is 0 Å². The van der Waals surface area contributed by atoms with Crippen molar-refractivity contribution >= 4 is 11.3 Å². The average molecular weight is 233 g/mol. The van der Waals surface area contributed by atoms with Gasteiger partial charge in [-0.3, -0.25) is 0 Å². The predicted octanol–water partition coefficient (Wildman–Crippen LogP) is 4.27. The topological polar surface area (TPSA) is 32.3 Å². The number of phenols is 1. The zero-order valence-corrected chi connectivity index (χ0v) is 11.2. The average Bonchev–Trinajstić information content (AvgIpc) is 2.27. The summed E-state index contributed by atoms with van der Waals surface area (Å²) in [7, 11) is 0. The Balaban J connectivity index is 3.04. The van der Waals surface area contributed by atoms with E-state index in [1.165, 1.54) is 5.57 Å². The lowest BCUT2D eigenvalue weighted by Crippen LogP contribution is -2.09. The lowest BCUT2D eigenvalue weighted by Gasteiger charge is -2.15. The van der Waals surface area contributed by atoms with E-state index in [4.69, 9.17) is 0 Å². The van der Waals surface area contributed by atoms with Crippen molar-refractivity contribution < 1.29 is 5.11 Å². The molecule has 17 heavy (non-hydrogen) atoms. The normalized spacial score (nSPS) is 11.9. The minimum atomic E-state index is 0.326. The van der Waals surface area contributed by atoms with Crippen molar-refractivity contribution in [3.8, 4) is 5.75 Å². The smallest absolute Gasteiger partial charge is 0.139 e. The van der Waals surface area contributed by atoms with E-state index in [0.717, 1.165) is 24.2 Å². The fraction of sp³-hybridized carbons (Fsp3) is 0.467. The molecule has 94 valence electrons. The molecule has 2 N–H and O–H groups in total. The second kappa shape index (κ2) is 6.33. The number of anilines is 1. The summed E-state index contributed by atoms with van der Waals surface area (Å²) in [5.74, 6) is 0.880. The van der Waals surface area contributed by atoms with Gasteiger partial charge >= 0.3 is 0 Å². The van der Waals surface area contributed by atoms with E-state index in [2.05, 4.69) is 39.1 Å². The van der Waals surface area contributed by atoms with Crippen molar-refractivity contribution in [1.29, 1.82) is 0 Å². The van der Waals surface area contributed by atoms with Crippen LogP contribution in [0.3, 0.4) is 0 Å². The highest BCUT2D eigenvalue weighted by molar-refractivity contribution is 5.79. The molecule has 0 aliphatic heterocycles. The third kappa shape index (κ3) is 3.81. The van der Waals surface area contributed by atoms with Crippen LogP contribution < -0.4 is 5.32 Å². The Morgan fingerprint density at radius 3 is 2.71 bits per heavy atom. The Kier molecular flexibility index (Phi) is 5.08. The molecule has 1 aromatic carbocycles. The van der Waals surface area contributed by atoms with Gasteiger partial charge in [0, 0.05) is 12.1 Å². The van der Waals surface area contributed by atoms with Gasteiger partial charge < -0.3 is 10.4 Å². The van der Waals surface area contributed by atoms with Gasteiger partial charge in [-0.25, -0.2) is 0 Å². The first kappa shape index (κ1) is 13.6. The molecule has 0 atom stereocenters. The van der Waals surface area contributed by atoms with Crippen molar-refractivity contribution in [2.45, 2.75) is 34.1 Å². The molecule has 0 unspecified atom stereocenters. The maximum atomic E-state index is 9.93. The molecule has 0 bridgehead atoms. The Labute approximate surface area is 104 Å². The van der Waals surface area contributed by atoms with E-state index in [-0.39, 0.29) is 0 Å². The SMILES string of the molecule is CC/C=C(/C)c1cccc(O)c1NCC(C)C. The Morgan fingerprint density at radius 1 is 1.41 bits per heavy atom. The summed E-state index contributed by atoms with van der Waals surface area (Å²) in [5, 5.41) is 13.3. The van der Waals surface area contributed by atoms with Crippen LogP contribution in [0.15, 0.2) is 24.3 Å². The van der Waals surface area contributed by atoms with Crippen molar-refractivity contribution in [2.24, 2.45) is 5.92 Å². The fourth-order valence-electron chi connectivity index (χ4n) is 1.78. The fourth-order valence-corrected chi connectivity index (χ4v) is 1.78. The minimum absolute atomic E-state index is 0.326. The van der Waals surface area contributed by atoms with Gasteiger partial charge in [0.25, 0.3) is 0 Å². The Morgan fingerprint density at radius 2 is 2.12 bits per heavy atom. The third-order valence-corrected chi connectivity index (χ3v) is 2.66. The molecule has 0 heterocycles. The first-order valence-electron chi connectivity index (χ1n) is 6.29. The first-order chi connectivity index (χ1) is 8.06. The number of hydrogen-bond donors (Lipinski definition) is 2. The van der Waals surface area contributed by atoms with E-state index in [9.17, 15) is 5.11 Å². The quantitative estimate of drug-likeness (QED) is 0.744. The third-order valence-electron chi connectivity index (χ3n) is 2.66. The summed E-state index contributed by atoms with van der Waals surface area (Å²) in [6, 6.07) is 5.66. The number of para-hydroxylation sites is 1. The summed E-state index contributed by atoms with van der Waals surface area (Å²) in [5.41, 5.74) is 3.14. The summed E-state index contributed by atoms with van der Waals surface area (Å²) >= 11 is 0. The van der Waals surface area contributed by atoms with Gasteiger partial charge in [0.05, 0.1) is 5.69 Å². The molecule has 0 radical (unpaired) electrons. The van der Waals surface area contributed by atoms with Gasteiger partial charge in [0.2, 0.25) is 0 Å². The van der Waals surface area contributed by atoms with Crippen LogP contribution >= 0.6 is 0 Å². The van der Waals surface area contributed by atoms with Crippen molar-refractivity contribution in [1.82, 2.24) is 0 Å². The molecular weight excluding hydrogens is 210 g/mol. The van der Waals surface area contributed by atoms with Crippen LogP contribution in [0.25, 0.3) is 5.57 Å². The van der Waals surface area contributed by atoms with Crippen LogP contribution in [0.1, 0.15) is 39.7 Å². The molecule has 0 fully saturated rings. The van der Waals surface area contributed by atoms with Crippen LogP contribution in [0.2, 0.25) is 0 Å². The summed E-state index contributed by atoms with van der Waals surface area (Å²) < 4.78 is 0. The van der Waals surface area contributed by atoms with Gasteiger partial charge in [-0.05, 0) is 30.9 Å². The number of allylic oxidation sites excluding steroid dienone is 2.